The van der Waals surface area contributed by atoms with E-state index >= 15 is 0 Å². The van der Waals surface area contributed by atoms with E-state index in [9.17, 15) is 13.2 Å². The first-order valence-electron chi connectivity index (χ1n) is 7.93. The number of benzene rings is 2. The minimum Gasteiger partial charge on any atom is -0.493 e. The molecule has 0 aliphatic heterocycles. The van der Waals surface area contributed by atoms with Crippen molar-refractivity contribution in [1.29, 1.82) is 5.26 Å². The number of fused-ring (bicyclic) bond motifs is 1. The Hall–Kier alpha value is -3.41. The van der Waals surface area contributed by atoms with Crippen LogP contribution in [0, 0.1) is 11.3 Å². The van der Waals surface area contributed by atoms with Crippen LogP contribution >= 0.6 is 0 Å². The Morgan fingerprint density at radius 3 is 2.74 bits per heavy atom. The Labute approximate surface area is 152 Å². The van der Waals surface area contributed by atoms with Gasteiger partial charge >= 0.3 is 6.18 Å². The Kier molecular flexibility index (Phi) is 5.07. The number of aromatic nitrogens is 2. The maximum absolute atomic E-state index is 12.4. The Morgan fingerprint density at radius 2 is 2.04 bits per heavy atom. The van der Waals surface area contributed by atoms with Gasteiger partial charge in [0.2, 0.25) is 0 Å². The van der Waals surface area contributed by atoms with Crippen molar-refractivity contribution in [2.75, 3.05) is 19.0 Å². The molecule has 0 saturated carbocycles. The lowest BCUT2D eigenvalue weighted by Crippen LogP contribution is -2.14. The molecule has 3 aromatic rings. The van der Waals surface area contributed by atoms with E-state index in [1.807, 2.05) is 6.07 Å². The molecule has 0 fully saturated rings. The van der Waals surface area contributed by atoms with Gasteiger partial charge in [-0.2, -0.15) is 18.4 Å². The summed E-state index contributed by atoms with van der Waals surface area (Å²) in [6, 6.07) is 9.95. The van der Waals surface area contributed by atoms with Gasteiger partial charge in [0.25, 0.3) is 0 Å². The summed E-state index contributed by atoms with van der Waals surface area (Å²) in [5, 5.41) is 11.7. The zero-order valence-electron chi connectivity index (χ0n) is 14.2. The first kappa shape index (κ1) is 18.4. The highest BCUT2D eigenvalue weighted by atomic mass is 19.4. The standard InChI is InChI=1S/C18H15F3N4O2/c1-26-16-6-11(9-22)2-3-15(16)27-12-7-13(23-5-4-18(19,20)21)17-14(8-12)24-10-25-17/h2-3,6-8,10,23H,4-5H2,1H3,(H,24,25). The number of halogens is 3. The molecule has 2 aromatic carbocycles. The summed E-state index contributed by atoms with van der Waals surface area (Å²) >= 11 is 0. The molecular weight excluding hydrogens is 361 g/mol. The number of aromatic amines is 1. The van der Waals surface area contributed by atoms with Crippen molar-refractivity contribution in [3.63, 3.8) is 0 Å². The third-order valence-electron chi connectivity index (χ3n) is 3.74. The molecule has 0 aliphatic carbocycles. The summed E-state index contributed by atoms with van der Waals surface area (Å²) in [7, 11) is 1.45. The number of nitriles is 1. The lowest BCUT2D eigenvalue weighted by molar-refractivity contribution is -0.131. The van der Waals surface area contributed by atoms with Gasteiger partial charge in [-0.25, -0.2) is 4.98 Å². The average Bonchev–Trinajstić information content (AvgIpc) is 3.09. The van der Waals surface area contributed by atoms with Crippen molar-refractivity contribution >= 4 is 16.7 Å². The van der Waals surface area contributed by atoms with Crippen LogP contribution in [0.5, 0.6) is 17.2 Å². The predicted octanol–water partition coefficient (Wildman–Crippen LogP) is 4.60. The predicted molar refractivity (Wildman–Crippen MR) is 93.0 cm³/mol. The molecule has 0 saturated heterocycles. The first-order chi connectivity index (χ1) is 12.9. The van der Waals surface area contributed by atoms with Crippen LogP contribution in [-0.4, -0.2) is 29.8 Å². The van der Waals surface area contributed by atoms with Gasteiger partial charge in [-0.1, -0.05) is 0 Å². The fourth-order valence-electron chi connectivity index (χ4n) is 2.50. The molecule has 6 nitrogen and oxygen atoms in total. The number of anilines is 1. The molecule has 0 radical (unpaired) electrons. The maximum atomic E-state index is 12.4. The summed E-state index contributed by atoms with van der Waals surface area (Å²) in [6.07, 6.45) is -3.76. The Balaban J connectivity index is 1.88. The van der Waals surface area contributed by atoms with E-state index < -0.39 is 12.6 Å². The number of methoxy groups -OCH3 is 1. The van der Waals surface area contributed by atoms with E-state index in [4.69, 9.17) is 14.7 Å². The minimum absolute atomic E-state index is 0.283. The zero-order valence-corrected chi connectivity index (χ0v) is 14.2. The number of hydrogen-bond acceptors (Lipinski definition) is 5. The van der Waals surface area contributed by atoms with Crippen LogP contribution in [0.1, 0.15) is 12.0 Å². The van der Waals surface area contributed by atoms with Crippen LogP contribution in [0.25, 0.3) is 11.0 Å². The number of H-pyrrole nitrogens is 1. The van der Waals surface area contributed by atoms with Gasteiger partial charge in [0, 0.05) is 24.7 Å². The Morgan fingerprint density at radius 1 is 1.22 bits per heavy atom. The van der Waals surface area contributed by atoms with Crippen molar-refractivity contribution in [2.24, 2.45) is 0 Å². The van der Waals surface area contributed by atoms with Crippen LogP contribution in [0.2, 0.25) is 0 Å². The second kappa shape index (κ2) is 7.45. The molecule has 0 aliphatic rings. The van der Waals surface area contributed by atoms with Crippen LogP contribution in [0.4, 0.5) is 18.9 Å². The number of rotatable bonds is 6. The zero-order chi connectivity index (χ0) is 19.4. The largest absolute Gasteiger partial charge is 0.493 e. The molecular formula is C18H15F3N4O2. The number of imidazole rings is 1. The van der Waals surface area contributed by atoms with Crippen LogP contribution in [0.15, 0.2) is 36.7 Å². The van der Waals surface area contributed by atoms with Crippen LogP contribution in [-0.2, 0) is 0 Å². The van der Waals surface area contributed by atoms with Gasteiger partial charge in [0.15, 0.2) is 11.5 Å². The first-order valence-corrected chi connectivity index (χ1v) is 7.93. The van der Waals surface area contributed by atoms with E-state index in [2.05, 4.69) is 15.3 Å². The van der Waals surface area contributed by atoms with E-state index in [-0.39, 0.29) is 6.54 Å². The summed E-state index contributed by atoms with van der Waals surface area (Å²) in [6.45, 7) is -0.283. The lowest BCUT2D eigenvalue weighted by Gasteiger charge is -2.13. The molecule has 0 bridgehead atoms. The molecule has 9 heteroatoms. The SMILES string of the molecule is COc1cc(C#N)ccc1Oc1cc(NCCC(F)(F)F)c2nc[nH]c2c1. The summed E-state index contributed by atoms with van der Waals surface area (Å²) in [5.74, 6) is 1.12. The summed E-state index contributed by atoms with van der Waals surface area (Å²) in [5.41, 5.74) is 1.95. The van der Waals surface area contributed by atoms with Crippen LogP contribution < -0.4 is 14.8 Å². The van der Waals surface area contributed by atoms with Gasteiger partial charge in [0.05, 0.1) is 42.7 Å². The fourth-order valence-corrected chi connectivity index (χ4v) is 2.50. The number of ether oxygens (including phenoxy) is 2. The second-order valence-electron chi connectivity index (χ2n) is 5.64. The van der Waals surface area contributed by atoms with Crippen molar-refractivity contribution in [2.45, 2.75) is 12.6 Å². The monoisotopic (exact) mass is 376 g/mol. The number of hydrogen-bond donors (Lipinski definition) is 2. The quantitative estimate of drug-likeness (QED) is 0.657. The van der Waals surface area contributed by atoms with Gasteiger partial charge in [-0.3, -0.25) is 0 Å². The van der Waals surface area contributed by atoms with Gasteiger partial charge in [0.1, 0.15) is 11.3 Å². The highest BCUT2D eigenvalue weighted by molar-refractivity contribution is 5.89. The Bertz CT molecular complexity index is 992. The fraction of sp³-hybridized carbons (Fsp3) is 0.222. The second-order valence-corrected chi connectivity index (χ2v) is 5.64. The molecule has 3 rings (SSSR count). The molecule has 0 unspecified atom stereocenters. The number of nitrogens with zero attached hydrogens (tertiary/aromatic N) is 2. The normalized spacial score (nSPS) is 11.2. The molecule has 0 amide bonds. The topological polar surface area (TPSA) is 83.0 Å². The summed E-state index contributed by atoms with van der Waals surface area (Å²) < 4.78 is 48.3. The van der Waals surface area contributed by atoms with Crippen molar-refractivity contribution in [3.8, 4) is 23.3 Å². The highest BCUT2D eigenvalue weighted by Crippen LogP contribution is 2.35. The molecule has 1 heterocycles. The van der Waals surface area contributed by atoms with Crippen molar-refractivity contribution < 1.29 is 22.6 Å². The van der Waals surface area contributed by atoms with Crippen molar-refractivity contribution in [3.05, 3.63) is 42.2 Å². The maximum Gasteiger partial charge on any atom is 0.390 e. The lowest BCUT2D eigenvalue weighted by atomic mass is 10.2. The van der Waals surface area contributed by atoms with Gasteiger partial charge in [-0.15, -0.1) is 0 Å². The third kappa shape index (κ3) is 4.41. The third-order valence-corrected chi connectivity index (χ3v) is 3.74. The van der Waals surface area contributed by atoms with E-state index in [1.54, 1.807) is 24.3 Å². The molecule has 0 atom stereocenters. The number of nitrogens with one attached hydrogen (secondary N) is 2. The highest BCUT2D eigenvalue weighted by Gasteiger charge is 2.26. The molecule has 140 valence electrons. The van der Waals surface area contributed by atoms with Crippen molar-refractivity contribution in [1.82, 2.24) is 9.97 Å². The van der Waals surface area contributed by atoms with E-state index in [1.165, 1.54) is 19.5 Å². The van der Waals surface area contributed by atoms with Gasteiger partial charge in [-0.05, 0) is 12.1 Å². The molecule has 0 spiro atoms. The van der Waals surface area contributed by atoms with E-state index in [0.29, 0.717) is 39.5 Å². The average molecular weight is 376 g/mol. The van der Waals surface area contributed by atoms with E-state index in [0.717, 1.165) is 0 Å². The molecule has 2 N–H and O–H groups in total. The summed E-state index contributed by atoms with van der Waals surface area (Å²) in [4.78, 5) is 7.03. The van der Waals surface area contributed by atoms with Crippen LogP contribution in [0.3, 0.4) is 0 Å². The molecule has 27 heavy (non-hydrogen) atoms. The minimum atomic E-state index is -4.25. The molecule has 1 aromatic heterocycles. The smallest absolute Gasteiger partial charge is 0.390 e. The van der Waals surface area contributed by atoms with Gasteiger partial charge < -0.3 is 19.8 Å². The number of alkyl halides is 3.